The highest BCUT2D eigenvalue weighted by Gasteiger charge is 2.42. The van der Waals surface area contributed by atoms with E-state index in [2.05, 4.69) is 27.5 Å². The Morgan fingerprint density at radius 2 is 1.64 bits per heavy atom. The highest BCUT2D eigenvalue weighted by molar-refractivity contribution is 7.80. The molecule has 0 radical (unpaired) electrons. The molecule has 0 atom stereocenters. The van der Waals surface area contributed by atoms with Crippen LogP contribution in [0.1, 0.15) is 24.8 Å². The van der Waals surface area contributed by atoms with E-state index < -0.39 is 0 Å². The molecule has 0 aliphatic carbocycles. The average molecular weight is 351 g/mol. The lowest BCUT2D eigenvalue weighted by atomic mass is 9.85. The van der Waals surface area contributed by atoms with Crippen LogP contribution in [-0.2, 0) is 4.84 Å². The zero-order valence-electron chi connectivity index (χ0n) is 14.0. The quantitative estimate of drug-likeness (QED) is 0.829. The summed E-state index contributed by atoms with van der Waals surface area (Å²) in [6, 6.07) is 20.4. The third kappa shape index (κ3) is 3.51. The van der Waals surface area contributed by atoms with E-state index in [1.165, 1.54) is 0 Å². The van der Waals surface area contributed by atoms with E-state index in [1.54, 1.807) is 0 Å². The van der Waals surface area contributed by atoms with Crippen LogP contribution in [0.25, 0.3) is 0 Å². The number of anilines is 1. The SMILES string of the molecule is S=C(Nc1ccccc1)N1CCC2(CC1)CC(c1ccccc1)=NO2. The van der Waals surface area contributed by atoms with E-state index >= 15 is 0 Å². The Morgan fingerprint density at radius 3 is 2.32 bits per heavy atom. The van der Waals surface area contributed by atoms with Gasteiger partial charge in [-0.15, -0.1) is 0 Å². The van der Waals surface area contributed by atoms with E-state index in [9.17, 15) is 0 Å². The number of para-hydroxylation sites is 1. The van der Waals surface area contributed by atoms with Gasteiger partial charge in [-0.25, -0.2) is 0 Å². The molecule has 1 spiro atoms. The van der Waals surface area contributed by atoms with E-state index in [4.69, 9.17) is 17.1 Å². The summed E-state index contributed by atoms with van der Waals surface area (Å²) in [5.41, 5.74) is 3.08. The third-order valence-electron chi connectivity index (χ3n) is 4.93. The first-order chi connectivity index (χ1) is 12.2. The Kier molecular flexibility index (Phi) is 4.40. The maximum Gasteiger partial charge on any atom is 0.173 e. The number of rotatable bonds is 2. The molecule has 4 nitrogen and oxygen atoms in total. The third-order valence-corrected chi connectivity index (χ3v) is 5.29. The van der Waals surface area contributed by atoms with E-state index in [0.29, 0.717) is 0 Å². The molecule has 2 heterocycles. The highest BCUT2D eigenvalue weighted by atomic mass is 32.1. The highest BCUT2D eigenvalue weighted by Crippen LogP contribution is 2.36. The van der Waals surface area contributed by atoms with Gasteiger partial charge in [-0.05, 0) is 29.9 Å². The van der Waals surface area contributed by atoms with E-state index in [1.807, 2.05) is 48.5 Å². The molecule has 5 heteroatoms. The van der Waals surface area contributed by atoms with Gasteiger partial charge in [0.25, 0.3) is 0 Å². The van der Waals surface area contributed by atoms with Gasteiger partial charge in [0.15, 0.2) is 5.11 Å². The molecule has 1 saturated heterocycles. The first kappa shape index (κ1) is 16.1. The van der Waals surface area contributed by atoms with Gasteiger partial charge in [-0.2, -0.15) is 0 Å². The van der Waals surface area contributed by atoms with Crippen molar-refractivity contribution in [1.29, 1.82) is 0 Å². The van der Waals surface area contributed by atoms with Crippen molar-refractivity contribution in [2.45, 2.75) is 24.9 Å². The molecule has 0 saturated carbocycles. The second kappa shape index (κ2) is 6.84. The number of piperidine rings is 1. The second-order valence-electron chi connectivity index (χ2n) is 6.64. The Morgan fingerprint density at radius 1 is 1.00 bits per heavy atom. The van der Waals surface area contributed by atoms with Crippen molar-refractivity contribution in [3.05, 3.63) is 66.2 Å². The molecule has 1 fully saturated rings. The van der Waals surface area contributed by atoms with Gasteiger partial charge in [-0.3, -0.25) is 0 Å². The first-order valence-corrected chi connectivity index (χ1v) is 9.06. The van der Waals surface area contributed by atoms with Crippen LogP contribution in [-0.4, -0.2) is 34.4 Å². The van der Waals surface area contributed by atoms with Gasteiger partial charge >= 0.3 is 0 Å². The number of hydrogen-bond donors (Lipinski definition) is 1. The van der Waals surface area contributed by atoms with Crippen molar-refractivity contribution in [3.63, 3.8) is 0 Å². The van der Waals surface area contributed by atoms with Crippen molar-refractivity contribution in [2.75, 3.05) is 18.4 Å². The van der Waals surface area contributed by atoms with Gasteiger partial charge < -0.3 is 15.1 Å². The standard InChI is InChI=1S/C20H21N3OS/c25-19(21-17-9-5-2-6-10-17)23-13-11-20(12-14-23)15-18(22-24-20)16-7-3-1-4-8-16/h1-10H,11-15H2,(H,21,25). The minimum atomic E-state index is -0.163. The Hall–Kier alpha value is -2.40. The minimum Gasteiger partial charge on any atom is -0.388 e. The Labute approximate surface area is 153 Å². The van der Waals surface area contributed by atoms with Crippen LogP contribution in [0.4, 0.5) is 5.69 Å². The monoisotopic (exact) mass is 351 g/mol. The number of hydrogen-bond acceptors (Lipinski definition) is 3. The van der Waals surface area contributed by atoms with Crippen LogP contribution >= 0.6 is 12.2 Å². The summed E-state index contributed by atoms with van der Waals surface area (Å²) in [4.78, 5) is 8.11. The fourth-order valence-corrected chi connectivity index (χ4v) is 3.72. The minimum absolute atomic E-state index is 0.163. The number of nitrogens with zero attached hydrogens (tertiary/aromatic N) is 2. The lowest BCUT2D eigenvalue weighted by Crippen LogP contribution is -2.48. The molecule has 0 bridgehead atoms. The van der Waals surface area contributed by atoms with E-state index in [-0.39, 0.29) is 5.60 Å². The molecule has 128 valence electrons. The zero-order valence-corrected chi connectivity index (χ0v) is 14.8. The predicted octanol–water partition coefficient (Wildman–Crippen LogP) is 4.04. The molecule has 0 amide bonds. The summed E-state index contributed by atoms with van der Waals surface area (Å²) in [6.07, 6.45) is 2.75. The summed E-state index contributed by atoms with van der Waals surface area (Å²) in [7, 11) is 0. The molecule has 25 heavy (non-hydrogen) atoms. The molecule has 2 aliphatic rings. The van der Waals surface area contributed by atoms with Crippen molar-refractivity contribution in [2.24, 2.45) is 5.16 Å². The lowest BCUT2D eigenvalue weighted by Gasteiger charge is -2.38. The number of benzene rings is 2. The van der Waals surface area contributed by atoms with Crippen LogP contribution in [0.15, 0.2) is 65.8 Å². The summed E-state index contributed by atoms with van der Waals surface area (Å²) in [5, 5.41) is 8.46. The second-order valence-corrected chi connectivity index (χ2v) is 7.03. The van der Waals surface area contributed by atoms with Gasteiger partial charge in [0, 0.05) is 38.0 Å². The molecule has 2 aliphatic heterocycles. The van der Waals surface area contributed by atoms with Gasteiger partial charge in [0.05, 0.1) is 5.71 Å². The van der Waals surface area contributed by atoms with Crippen LogP contribution in [0.3, 0.4) is 0 Å². The van der Waals surface area contributed by atoms with Crippen LogP contribution in [0.2, 0.25) is 0 Å². The van der Waals surface area contributed by atoms with Crippen molar-refractivity contribution in [1.82, 2.24) is 4.90 Å². The summed E-state index contributed by atoms with van der Waals surface area (Å²) in [5.74, 6) is 0. The molecule has 0 aromatic heterocycles. The van der Waals surface area contributed by atoms with E-state index in [0.717, 1.165) is 54.4 Å². The van der Waals surface area contributed by atoms with Crippen molar-refractivity contribution >= 4 is 28.7 Å². The molecule has 0 unspecified atom stereocenters. The zero-order chi connectivity index (χ0) is 17.1. The van der Waals surface area contributed by atoms with Crippen molar-refractivity contribution < 1.29 is 4.84 Å². The molecular weight excluding hydrogens is 330 g/mol. The number of thiocarbonyl (C=S) groups is 1. The molecular formula is C20H21N3OS. The van der Waals surface area contributed by atoms with Gasteiger partial charge in [0.2, 0.25) is 0 Å². The average Bonchev–Trinajstić information content (AvgIpc) is 3.07. The maximum absolute atomic E-state index is 5.89. The molecule has 1 N–H and O–H groups in total. The predicted molar refractivity (Wildman–Crippen MR) is 105 cm³/mol. The number of oxime groups is 1. The fraction of sp³-hybridized carbons (Fsp3) is 0.300. The number of nitrogens with one attached hydrogen (secondary N) is 1. The van der Waals surface area contributed by atoms with Crippen LogP contribution in [0.5, 0.6) is 0 Å². The van der Waals surface area contributed by atoms with Gasteiger partial charge in [-0.1, -0.05) is 53.7 Å². The van der Waals surface area contributed by atoms with Crippen molar-refractivity contribution in [3.8, 4) is 0 Å². The smallest absolute Gasteiger partial charge is 0.173 e. The summed E-state index contributed by atoms with van der Waals surface area (Å²) in [6.45, 7) is 1.77. The Bertz CT molecular complexity index is 768. The van der Waals surface area contributed by atoms with Gasteiger partial charge in [0.1, 0.15) is 5.60 Å². The topological polar surface area (TPSA) is 36.9 Å². The number of likely N-dealkylation sites (tertiary alicyclic amines) is 1. The Balaban J connectivity index is 1.34. The molecule has 4 rings (SSSR count). The molecule has 2 aromatic rings. The fourth-order valence-electron chi connectivity index (χ4n) is 3.42. The summed E-state index contributed by atoms with van der Waals surface area (Å²) >= 11 is 5.56. The first-order valence-electron chi connectivity index (χ1n) is 8.66. The maximum atomic E-state index is 5.89. The summed E-state index contributed by atoms with van der Waals surface area (Å²) < 4.78 is 0. The normalized spacial score (nSPS) is 18.6. The van der Waals surface area contributed by atoms with Crippen LogP contribution < -0.4 is 5.32 Å². The lowest BCUT2D eigenvalue weighted by molar-refractivity contribution is -0.0521. The molecule has 2 aromatic carbocycles. The van der Waals surface area contributed by atoms with Crippen LogP contribution in [0, 0.1) is 0 Å². The largest absolute Gasteiger partial charge is 0.388 e.